The Kier molecular flexibility index (Phi) is 3.34. The van der Waals surface area contributed by atoms with Crippen LogP contribution in [0.5, 0.6) is 0 Å². The number of nitrogens with zero attached hydrogens (tertiary/aromatic N) is 2. The summed E-state index contributed by atoms with van der Waals surface area (Å²) in [5.74, 6) is 0.771. The van der Waals surface area contributed by atoms with Gasteiger partial charge >= 0.3 is 0 Å². The fourth-order valence-electron chi connectivity index (χ4n) is 1.99. The third-order valence-electron chi connectivity index (χ3n) is 2.84. The lowest BCUT2D eigenvalue weighted by molar-refractivity contribution is -0.128. The normalized spacial score (nSPS) is 19.4. The Morgan fingerprint density at radius 2 is 2.33 bits per heavy atom. The molecule has 2 aromatic heterocycles. The third-order valence-corrected chi connectivity index (χ3v) is 4.96. The quantitative estimate of drug-likeness (QED) is 0.864. The second kappa shape index (κ2) is 5.12. The van der Waals surface area contributed by atoms with E-state index in [2.05, 4.69) is 11.1 Å². The molecule has 0 N–H and O–H groups in total. The lowest BCUT2D eigenvalue weighted by Crippen LogP contribution is -2.27. The van der Waals surface area contributed by atoms with Gasteiger partial charge in [0, 0.05) is 22.8 Å². The van der Waals surface area contributed by atoms with Gasteiger partial charge in [0.25, 0.3) is 0 Å². The number of aromatic nitrogens is 1. The predicted octanol–water partition coefficient (Wildman–Crippen LogP) is 2.92. The number of carbonyl (C=O) groups is 1. The monoisotopic (exact) mass is 276 g/mol. The van der Waals surface area contributed by atoms with Crippen LogP contribution in [-0.2, 0) is 11.3 Å². The maximum atomic E-state index is 12.0. The first-order valence-corrected chi connectivity index (χ1v) is 7.61. The second-order valence-corrected chi connectivity index (χ2v) is 6.15. The summed E-state index contributed by atoms with van der Waals surface area (Å²) in [6, 6.07) is 8.04. The molecule has 1 aliphatic rings. The van der Waals surface area contributed by atoms with Crippen molar-refractivity contribution < 1.29 is 4.79 Å². The van der Waals surface area contributed by atoms with Gasteiger partial charge in [0.2, 0.25) is 5.91 Å². The Morgan fingerprint density at radius 1 is 1.39 bits per heavy atom. The zero-order valence-corrected chi connectivity index (χ0v) is 11.3. The highest BCUT2D eigenvalue weighted by Crippen LogP contribution is 2.39. The van der Waals surface area contributed by atoms with E-state index in [9.17, 15) is 4.79 Å². The summed E-state index contributed by atoms with van der Waals surface area (Å²) in [5, 5.41) is 2.15. The molecule has 3 rings (SSSR count). The molecule has 1 aliphatic heterocycles. The van der Waals surface area contributed by atoms with Crippen LogP contribution < -0.4 is 0 Å². The van der Waals surface area contributed by atoms with E-state index in [1.54, 1.807) is 29.3 Å². The molecule has 92 valence electrons. The number of rotatable bonds is 3. The van der Waals surface area contributed by atoms with E-state index in [-0.39, 0.29) is 11.3 Å². The largest absolute Gasteiger partial charge is 0.321 e. The number of hydrogen-bond acceptors (Lipinski definition) is 4. The van der Waals surface area contributed by atoms with Gasteiger partial charge in [-0.1, -0.05) is 12.1 Å². The number of carbonyl (C=O) groups excluding carboxylic acids is 1. The summed E-state index contributed by atoms with van der Waals surface area (Å²) in [4.78, 5) is 19.3. The molecule has 1 fully saturated rings. The van der Waals surface area contributed by atoms with Crippen molar-refractivity contribution in [3.05, 3.63) is 52.5 Å². The first-order valence-electron chi connectivity index (χ1n) is 5.68. The molecule has 0 aromatic carbocycles. The van der Waals surface area contributed by atoms with Crippen LogP contribution >= 0.6 is 23.1 Å². The Morgan fingerprint density at radius 3 is 3.06 bits per heavy atom. The second-order valence-electron chi connectivity index (χ2n) is 4.05. The fourth-order valence-corrected chi connectivity index (χ4v) is 3.87. The molecule has 1 atom stereocenters. The van der Waals surface area contributed by atoms with E-state index in [1.165, 1.54) is 4.88 Å². The zero-order valence-electron chi connectivity index (χ0n) is 9.65. The van der Waals surface area contributed by atoms with Crippen molar-refractivity contribution in [3.8, 4) is 0 Å². The molecule has 0 radical (unpaired) electrons. The predicted molar refractivity (Wildman–Crippen MR) is 74.3 cm³/mol. The van der Waals surface area contributed by atoms with Crippen molar-refractivity contribution in [2.45, 2.75) is 11.9 Å². The molecule has 0 saturated carbocycles. The van der Waals surface area contributed by atoms with Crippen LogP contribution in [0.4, 0.5) is 0 Å². The molecule has 18 heavy (non-hydrogen) atoms. The van der Waals surface area contributed by atoms with Crippen LogP contribution in [0.25, 0.3) is 0 Å². The van der Waals surface area contributed by atoms with Crippen molar-refractivity contribution in [3.63, 3.8) is 0 Å². The minimum atomic E-state index is 0.105. The highest BCUT2D eigenvalue weighted by Gasteiger charge is 2.32. The number of thioether (sulfide) groups is 1. The summed E-state index contributed by atoms with van der Waals surface area (Å²) in [6.45, 7) is 0.697. The van der Waals surface area contributed by atoms with Gasteiger partial charge in [-0.15, -0.1) is 23.1 Å². The summed E-state index contributed by atoms with van der Waals surface area (Å²) in [5.41, 5.74) is 1.10. The summed E-state index contributed by atoms with van der Waals surface area (Å²) in [6.07, 6.45) is 3.60. The van der Waals surface area contributed by atoms with Gasteiger partial charge in [0.1, 0.15) is 5.37 Å². The first-order chi connectivity index (χ1) is 8.84. The highest BCUT2D eigenvalue weighted by atomic mass is 32.2. The average molecular weight is 276 g/mol. The first kappa shape index (κ1) is 11.7. The molecule has 0 spiro atoms. The molecule has 1 amide bonds. The van der Waals surface area contributed by atoms with Gasteiger partial charge in [-0.05, 0) is 17.5 Å². The van der Waals surface area contributed by atoms with Crippen LogP contribution in [-0.4, -0.2) is 21.5 Å². The average Bonchev–Trinajstić information content (AvgIpc) is 3.03. The molecule has 5 heteroatoms. The molecular formula is C13H12N2OS2. The molecular weight excluding hydrogens is 264 g/mol. The van der Waals surface area contributed by atoms with Crippen LogP contribution in [0.15, 0.2) is 42.0 Å². The van der Waals surface area contributed by atoms with Gasteiger partial charge in [-0.25, -0.2) is 0 Å². The zero-order chi connectivity index (χ0) is 12.4. The number of hydrogen-bond donors (Lipinski definition) is 0. The van der Waals surface area contributed by atoms with E-state index >= 15 is 0 Å². The molecule has 3 nitrogen and oxygen atoms in total. The molecule has 3 heterocycles. The van der Waals surface area contributed by atoms with Gasteiger partial charge < -0.3 is 4.90 Å². The van der Waals surface area contributed by atoms with E-state index < -0.39 is 0 Å². The van der Waals surface area contributed by atoms with Gasteiger partial charge in [0.05, 0.1) is 12.3 Å². The van der Waals surface area contributed by atoms with Gasteiger partial charge in [0.15, 0.2) is 0 Å². The Bertz CT molecular complexity index is 527. The van der Waals surface area contributed by atoms with Crippen molar-refractivity contribution >= 4 is 29.0 Å². The molecule has 1 unspecified atom stereocenters. The molecule has 0 bridgehead atoms. The maximum absolute atomic E-state index is 12.0. The van der Waals surface area contributed by atoms with E-state index in [4.69, 9.17) is 0 Å². The fraction of sp³-hybridized carbons (Fsp3) is 0.231. The van der Waals surface area contributed by atoms with E-state index in [1.807, 2.05) is 34.7 Å². The topological polar surface area (TPSA) is 33.2 Å². The lowest BCUT2D eigenvalue weighted by atomic mass is 10.2. The van der Waals surface area contributed by atoms with Crippen LogP contribution in [0.3, 0.4) is 0 Å². The standard InChI is InChI=1S/C13H12N2OS2/c16-12-9-18-13(10-3-1-5-14-7-10)15(12)8-11-4-2-6-17-11/h1-7,13H,8-9H2. The van der Waals surface area contributed by atoms with Gasteiger partial charge in [-0.3, -0.25) is 9.78 Å². The van der Waals surface area contributed by atoms with Crippen molar-refractivity contribution in [1.29, 1.82) is 0 Å². The Labute approximate surface area is 114 Å². The number of amides is 1. The highest BCUT2D eigenvalue weighted by molar-refractivity contribution is 8.00. The minimum Gasteiger partial charge on any atom is -0.321 e. The van der Waals surface area contributed by atoms with E-state index in [0.29, 0.717) is 12.3 Å². The van der Waals surface area contributed by atoms with Crippen molar-refractivity contribution in [1.82, 2.24) is 9.88 Å². The van der Waals surface area contributed by atoms with Crippen LogP contribution in [0, 0.1) is 0 Å². The number of thiophene rings is 1. The van der Waals surface area contributed by atoms with Crippen LogP contribution in [0.2, 0.25) is 0 Å². The number of pyridine rings is 1. The van der Waals surface area contributed by atoms with Crippen LogP contribution in [0.1, 0.15) is 15.8 Å². The minimum absolute atomic E-state index is 0.105. The lowest BCUT2D eigenvalue weighted by Gasteiger charge is -2.23. The summed E-state index contributed by atoms with van der Waals surface area (Å²) < 4.78 is 0. The van der Waals surface area contributed by atoms with Crippen molar-refractivity contribution in [2.24, 2.45) is 0 Å². The SMILES string of the molecule is O=C1CSC(c2cccnc2)N1Cc1cccs1. The Hall–Kier alpha value is -1.33. The smallest absolute Gasteiger partial charge is 0.234 e. The summed E-state index contributed by atoms with van der Waals surface area (Å²) >= 11 is 3.36. The maximum Gasteiger partial charge on any atom is 0.234 e. The molecule has 1 saturated heterocycles. The molecule has 2 aromatic rings. The van der Waals surface area contributed by atoms with E-state index in [0.717, 1.165) is 5.56 Å². The van der Waals surface area contributed by atoms with Gasteiger partial charge in [-0.2, -0.15) is 0 Å². The Balaban J connectivity index is 1.84. The van der Waals surface area contributed by atoms with Crippen molar-refractivity contribution in [2.75, 3.05) is 5.75 Å². The summed E-state index contributed by atoms with van der Waals surface area (Å²) in [7, 11) is 0. The molecule has 0 aliphatic carbocycles. The third kappa shape index (κ3) is 2.28.